The Morgan fingerprint density at radius 3 is 3.10 bits per heavy atom. The van der Waals surface area contributed by atoms with E-state index in [2.05, 4.69) is 5.92 Å². The van der Waals surface area contributed by atoms with Gasteiger partial charge in [0.25, 0.3) is 0 Å². The molecule has 0 bridgehead atoms. The molecule has 1 aliphatic rings. The van der Waals surface area contributed by atoms with Crippen molar-refractivity contribution in [3.05, 3.63) is 0 Å². The highest BCUT2D eigenvalue weighted by Gasteiger charge is 2.10. The molecule has 2 heteroatoms. The molecule has 0 amide bonds. The van der Waals surface area contributed by atoms with Gasteiger partial charge in [0.1, 0.15) is 0 Å². The minimum absolute atomic E-state index is 0.861. The van der Waals surface area contributed by atoms with Gasteiger partial charge in [0.05, 0.1) is 6.61 Å². The van der Waals surface area contributed by atoms with Crippen molar-refractivity contribution in [2.45, 2.75) is 19.3 Å². The summed E-state index contributed by atoms with van der Waals surface area (Å²) in [7, 11) is 0. The predicted octanol–water partition coefficient (Wildman–Crippen LogP) is 1.04. The van der Waals surface area contributed by atoms with E-state index in [0.29, 0.717) is 0 Å². The van der Waals surface area contributed by atoms with Gasteiger partial charge >= 0.3 is 0 Å². The van der Waals surface area contributed by atoms with Gasteiger partial charge in [0.15, 0.2) is 0 Å². The van der Waals surface area contributed by atoms with Gasteiger partial charge in [-0.2, -0.15) is 5.06 Å². The second-order valence-electron chi connectivity index (χ2n) is 2.42. The first kappa shape index (κ1) is 7.59. The van der Waals surface area contributed by atoms with Crippen LogP contribution in [0, 0.1) is 12.3 Å². The van der Waals surface area contributed by atoms with Crippen LogP contribution in [0.3, 0.4) is 0 Å². The Kier molecular flexibility index (Phi) is 3.28. The summed E-state index contributed by atoms with van der Waals surface area (Å²) < 4.78 is 0. The highest BCUT2D eigenvalue weighted by Crippen LogP contribution is 2.04. The number of unbranched alkanes of at least 4 members (excludes halogenated alkanes) is 1. The Bertz CT molecular complexity index is 122. The molecule has 0 unspecified atom stereocenters. The lowest BCUT2D eigenvalue weighted by molar-refractivity contribution is -0.109. The fourth-order valence-corrected chi connectivity index (χ4v) is 1.03. The van der Waals surface area contributed by atoms with Crippen LogP contribution in [0.5, 0.6) is 0 Å². The highest BCUT2D eigenvalue weighted by atomic mass is 16.7. The summed E-state index contributed by atoms with van der Waals surface area (Å²) in [4.78, 5) is 5.26. The van der Waals surface area contributed by atoms with Crippen LogP contribution in [0.4, 0.5) is 0 Å². The van der Waals surface area contributed by atoms with E-state index in [-0.39, 0.29) is 0 Å². The van der Waals surface area contributed by atoms with E-state index in [1.807, 2.05) is 5.06 Å². The van der Waals surface area contributed by atoms with Crippen LogP contribution < -0.4 is 0 Å². The lowest BCUT2D eigenvalue weighted by Gasteiger charge is -2.11. The molecular weight excluding hydrogens is 126 g/mol. The first-order valence-electron chi connectivity index (χ1n) is 3.75. The summed E-state index contributed by atoms with van der Waals surface area (Å²) in [6.45, 7) is 2.95. The third kappa shape index (κ3) is 2.38. The van der Waals surface area contributed by atoms with Gasteiger partial charge in [-0.15, -0.1) is 12.3 Å². The molecule has 1 aliphatic heterocycles. The zero-order valence-electron chi connectivity index (χ0n) is 6.18. The second-order valence-corrected chi connectivity index (χ2v) is 2.42. The van der Waals surface area contributed by atoms with Crippen LogP contribution >= 0.6 is 0 Å². The average Bonchev–Trinajstić information content (AvgIpc) is 2.41. The number of terminal acetylenes is 1. The maximum absolute atomic E-state index is 5.26. The van der Waals surface area contributed by atoms with Crippen molar-refractivity contribution in [3.8, 4) is 12.3 Å². The fraction of sp³-hybridized carbons (Fsp3) is 0.750. The topological polar surface area (TPSA) is 12.5 Å². The molecule has 0 radical (unpaired) electrons. The monoisotopic (exact) mass is 139 g/mol. The maximum Gasteiger partial charge on any atom is 0.0698 e. The summed E-state index contributed by atoms with van der Waals surface area (Å²) in [5.41, 5.74) is 0. The van der Waals surface area contributed by atoms with E-state index in [4.69, 9.17) is 11.3 Å². The van der Waals surface area contributed by atoms with Crippen LogP contribution in [-0.2, 0) is 4.84 Å². The number of rotatable bonds is 3. The Balaban J connectivity index is 1.97. The van der Waals surface area contributed by atoms with Gasteiger partial charge in [-0.05, 0) is 12.8 Å². The molecule has 0 aromatic heterocycles. The maximum atomic E-state index is 5.26. The molecule has 0 atom stereocenters. The van der Waals surface area contributed by atoms with Gasteiger partial charge in [0, 0.05) is 19.5 Å². The summed E-state index contributed by atoms with van der Waals surface area (Å²) in [5.74, 6) is 2.61. The molecule has 10 heavy (non-hydrogen) atoms. The third-order valence-electron chi connectivity index (χ3n) is 1.55. The first-order valence-corrected chi connectivity index (χ1v) is 3.75. The van der Waals surface area contributed by atoms with Crippen molar-refractivity contribution in [2.24, 2.45) is 0 Å². The lowest BCUT2D eigenvalue weighted by atomic mass is 10.3. The van der Waals surface area contributed by atoms with Gasteiger partial charge < -0.3 is 0 Å². The molecular formula is C8H13NO. The van der Waals surface area contributed by atoms with Crippen LogP contribution in [0.25, 0.3) is 0 Å². The Morgan fingerprint density at radius 2 is 2.50 bits per heavy atom. The quantitative estimate of drug-likeness (QED) is 0.428. The van der Waals surface area contributed by atoms with E-state index in [9.17, 15) is 0 Å². The molecule has 0 aromatic carbocycles. The third-order valence-corrected chi connectivity index (χ3v) is 1.55. The van der Waals surface area contributed by atoms with Crippen molar-refractivity contribution < 1.29 is 4.84 Å². The minimum Gasteiger partial charge on any atom is -0.299 e. The largest absolute Gasteiger partial charge is 0.299 e. The highest BCUT2D eigenvalue weighted by molar-refractivity contribution is 4.83. The average molecular weight is 139 g/mol. The smallest absolute Gasteiger partial charge is 0.0698 e. The van der Waals surface area contributed by atoms with Gasteiger partial charge in [-0.3, -0.25) is 4.84 Å². The molecule has 1 heterocycles. The van der Waals surface area contributed by atoms with Crippen molar-refractivity contribution in [3.63, 3.8) is 0 Å². The molecule has 0 spiro atoms. The number of hydrogen-bond acceptors (Lipinski definition) is 2. The van der Waals surface area contributed by atoms with Crippen molar-refractivity contribution in [1.29, 1.82) is 0 Å². The predicted molar refractivity (Wildman–Crippen MR) is 40.2 cm³/mol. The van der Waals surface area contributed by atoms with Crippen molar-refractivity contribution in [2.75, 3.05) is 19.7 Å². The number of hydrogen-bond donors (Lipinski definition) is 0. The second kappa shape index (κ2) is 4.32. The molecule has 56 valence electrons. The Labute approximate surface area is 62.1 Å². The van der Waals surface area contributed by atoms with Crippen LogP contribution in [-0.4, -0.2) is 24.8 Å². The van der Waals surface area contributed by atoms with E-state index in [0.717, 1.165) is 39.0 Å². The van der Waals surface area contributed by atoms with Crippen LogP contribution in [0.15, 0.2) is 0 Å². The summed E-state index contributed by atoms with van der Waals surface area (Å²) in [5, 5.41) is 2.00. The number of nitrogens with zero attached hydrogens (tertiary/aromatic N) is 1. The van der Waals surface area contributed by atoms with Crippen molar-refractivity contribution >= 4 is 0 Å². The molecule has 0 aliphatic carbocycles. The SMILES string of the molecule is C#CCCCN1CCCO1. The van der Waals surface area contributed by atoms with Gasteiger partial charge in [0.2, 0.25) is 0 Å². The Hall–Kier alpha value is -0.520. The van der Waals surface area contributed by atoms with E-state index < -0.39 is 0 Å². The summed E-state index contributed by atoms with van der Waals surface area (Å²) in [6.07, 6.45) is 8.18. The minimum atomic E-state index is 0.861. The molecule has 1 fully saturated rings. The molecule has 0 N–H and O–H groups in total. The normalized spacial score (nSPS) is 19.1. The summed E-state index contributed by atoms with van der Waals surface area (Å²) in [6, 6.07) is 0. The zero-order valence-corrected chi connectivity index (χ0v) is 6.18. The standard InChI is InChI=1S/C8H13NO/c1-2-3-4-6-9-7-5-8-10-9/h1H,3-8H2. The van der Waals surface area contributed by atoms with Crippen molar-refractivity contribution in [1.82, 2.24) is 5.06 Å². The molecule has 1 saturated heterocycles. The molecule has 0 saturated carbocycles. The fourth-order valence-electron chi connectivity index (χ4n) is 1.03. The zero-order chi connectivity index (χ0) is 7.23. The van der Waals surface area contributed by atoms with E-state index >= 15 is 0 Å². The first-order chi connectivity index (χ1) is 4.93. The molecule has 2 nitrogen and oxygen atoms in total. The molecule has 1 rings (SSSR count). The summed E-state index contributed by atoms with van der Waals surface area (Å²) >= 11 is 0. The van der Waals surface area contributed by atoms with Gasteiger partial charge in [-0.25, -0.2) is 0 Å². The van der Waals surface area contributed by atoms with Crippen LogP contribution in [0.2, 0.25) is 0 Å². The lowest BCUT2D eigenvalue weighted by Crippen LogP contribution is -2.18. The Morgan fingerprint density at radius 1 is 1.60 bits per heavy atom. The van der Waals surface area contributed by atoms with E-state index in [1.165, 1.54) is 0 Å². The van der Waals surface area contributed by atoms with Gasteiger partial charge in [-0.1, -0.05) is 0 Å². The van der Waals surface area contributed by atoms with E-state index in [1.54, 1.807) is 0 Å². The van der Waals surface area contributed by atoms with Crippen LogP contribution in [0.1, 0.15) is 19.3 Å². The molecule has 0 aromatic rings. The number of hydroxylamine groups is 2.